The average molecular weight is 333 g/mol. The van der Waals surface area contributed by atoms with Gasteiger partial charge in [-0.3, -0.25) is 9.59 Å². The first-order chi connectivity index (χ1) is 8.21. The van der Waals surface area contributed by atoms with Crippen LogP contribution in [0, 0.1) is 5.41 Å². The predicted octanol–water partition coefficient (Wildman–Crippen LogP) is 3.45. The van der Waals surface area contributed by atoms with E-state index in [9.17, 15) is 9.59 Å². The molecule has 0 saturated heterocycles. The molecule has 0 aromatic heterocycles. The molecule has 1 aromatic rings. The lowest BCUT2D eigenvalue weighted by Crippen LogP contribution is -2.35. The Kier molecular flexibility index (Phi) is 4.93. The van der Waals surface area contributed by atoms with Crippen LogP contribution in [0.1, 0.15) is 31.1 Å². The summed E-state index contributed by atoms with van der Waals surface area (Å²) in [6, 6.07) is 4.98. The van der Waals surface area contributed by atoms with Gasteiger partial charge in [-0.25, -0.2) is 0 Å². The number of Topliss-reactive ketones (excluding diaryl/α,β-unsaturated/α-hetero) is 1. The molecule has 0 radical (unpaired) electrons. The topological polar surface area (TPSA) is 46.2 Å². The summed E-state index contributed by atoms with van der Waals surface area (Å²) in [6.45, 7) is 5.45. The summed E-state index contributed by atoms with van der Waals surface area (Å²) in [6.07, 6.45) is 0. The Morgan fingerprint density at radius 2 is 1.94 bits per heavy atom. The summed E-state index contributed by atoms with van der Waals surface area (Å²) in [5, 5.41) is 2.93. The van der Waals surface area contributed by atoms with E-state index < -0.39 is 5.41 Å². The van der Waals surface area contributed by atoms with Gasteiger partial charge >= 0.3 is 0 Å². The third-order valence-corrected chi connectivity index (χ3v) is 3.23. The van der Waals surface area contributed by atoms with Crippen LogP contribution < -0.4 is 5.32 Å². The van der Waals surface area contributed by atoms with Crippen molar-refractivity contribution in [2.75, 3.05) is 6.54 Å². The highest BCUT2D eigenvalue weighted by Gasteiger charge is 2.21. The number of hydrogen-bond donors (Lipinski definition) is 1. The molecular weight excluding hydrogens is 318 g/mol. The molecule has 0 aliphatic heterocycles. The molecule has 5 heteroatoms. The molecule has 98 valence electrons. The number of amides is 1. The molecule has 18 heavy (non-hydrogen) atoms. The summed E-state index contributed by atoms with van der Waals surface area (Å²) >= 11 is 9.22. The number of rotatable bonds is 3. The molecule has 0 heterocycles. The molecular formula is C13H15BrClNO2. The van der Waals surface area contributed by atoms with Crippen LogP contribution in [0.15, 0.2) is 22.7 Å². The van der Waals surface area contributed by atoms with E-state index in [0.717, 1.165) is 4.47 Å². The second-order valence-corrected chi connectivity index (χ2v) is 6.30. The van der Waals surface area contributed by atoms with E-state index in [1.165, 1.54) is 0 Å². The lowest BCUT2D eigenvalue weighted by molar-refractivity contribution is -0.125. The Bertz CT molecular complexity index is 480. The van der Waals surface area contributed by atoms with Crippen molar-refractivity contribution >= 4 is 39.2 Å². The van der Waals surface area contributed by atoms with E-state index in [0.29, 0.717) is 10.6 Å². The van der Waals surface area contributed by atoms with Crippen molar-refractivity contribution in [3.63, 3.8) is 0 Å². The third kappa shape index (κ3) is 4.10. The fourth-order valence-electron chi connectivity index (χ4n) is 1.19. The summed E-state index contributed by atoms with van der Waals surface area (Å²) < 4.78 is 0.801. The number of ketones is 1. The number of hydrogen-bond acceptors (Lipinski definition) is 2. The van der Waals surface area contributed by atoms with Crippen molar-refractivity contribution in [2.24, 2.45) is 5.41 Å². The van der Waals surface area contributed by atoms with Crippen LogP contribution in [0.3, 0.4) is 0 Å². The first kappa shape index (κ1) is 15.2. The second kappa shape index (κ2) is 5.85. The number of nitrogens with one attached hydrogen (secondary N) is 1. The van der Waals surface area contributed by atoms with Crippen LogP contribution in [-0.2, 0) is 4.79 Å². The van der Waals surface area contributed by atoms with E-state index in [1.54, 1.807) is 18.2 Å². The highest BCUT2D eigenvalue weighted by atomic mass is 79.9. The largest absolute Gasteiger partial charge is 0.345 e. The SMILES string of the molecule is CC(C)(C)C(=O)CNC(=O)c1ccc(Br)cc1Cl. The second-order valence-electron chi connectivity index (χ2n) is 4.98. The van der Waals surface area contributed by atoms with Crippen LogP contribution in [0.5, 0.6) is 0 Å². The van der Waals surface area contributed by atoms with E-state index in [-0.39, 0.29) is 18.2 Å². The lowest BCUT2D eigenvalue weighted by atomic mass is 9.91. The molecule has 1 rings (SSSR count). The normalized spacial score (nSPS) is 11.2. The van der Waals surface area contributed by atoms with E-state index in [2.05, 4.69) is 21.2 Å². The molecule has 1 aromatic carbocycles. The molecule has 0 unspecified atom stereocenters. The van der Waals surface area contributed by atoms with Gasteiger partial charge < -0.3 is 5.32 Å². The monoisotopic (exact) mass is 331 g/mol. The first-order valence-corrected chi connectivity index (χ1v) is 6.65. The van der Waals surface area contributed by atoms with Crippen LogP contribution in [0.25, 0.3) is 0 Å². The summed E-state index contributed by atoms with van der Waals surface area (Å²) in [5.74, 6) is -0.366. The van der Waals surface area contributed by atoms with Crippen LogP contribution in [0.2, 0.25) is 5.02 Å². The molecule has 1 N–H and O–H groups in total. The van der Waals surface area contributed by atoms with Gasteiger partial charge in [0.2, 0.25) is 0 Å². The highest BCUT2D eigenvalue weighted by molar-refractivity contribution is 9.10. The average Bonchev–Trinajstić information content (AvgIpc) is 2.24. The Balaban J connectivity index is 2.70. The van der Waals surface area contributed by atoms with Gasteiger partial charge in [-0.15, -0.1) is 0 Å². The predicted molar refractivity (Wildman–Crippen MR) is 75.9 cm³/mol. The smallest absolute Gasteiger partial charge is 0.253 e. The van der Waals surface area contributed by atoms with Crippen molar-refractivity contribution in [1.82, 2.24) is 5.32 Å². The van der Waals surface area contributed by atoms with Crippen molar-refractivity contribution in [3.05, 3.63) is 33.3 Å². The highest BCUT2D eigenvalue weighted by Crippen LogP contribution is 2.21. The molecule has 1 amide bonds. The van der Waals surface area contributed by atoms with Gasteiger partial charge in [-0.05, 0) is 18.2 Å². The van der Waals surface area contributed by atoms with E-state index >= 15 is 0 Å². The van der Waals surface area contributed by atoms with Crippen molar-refractivity contribution in [2.45, 2.75) is 20.8 Å². The van der Waals surface area contributed by atoms with Crippen LogP contribution in [0.4, 0.5) is 0 Å². The zero-order chi connectivity index (χ0) is 13.9. The van der Waals surface area contributed by atoms with Crippen LogP contribution >= 0.6 is 27.5 Å². The Morgan fingerprint density at radius 3 is 2.44 bits per heavy atom. The Hall–Kier alpha value is -0.870. The van der Waals surface area contributed by atoms with Crippen molar-refractivity contribution in [3.8, 4) is 0 Å². The minimum Gasteiger partial charge on any atom is -0.345 e. The summed E-state index contributed by atoms with van der Waals surface area (Å²) in [4.78, 5) is 23.5. The fourth-order valence-corrected chi connectivity index (χ4v) is 1.95. The van der Waals surface area contributed by atoms with Gasteiger partial charge in [0.15, 0.2) is 5.78 Å². The number of carbonyl (C=O) groups excluding carboxylic acids is 2. The first-order valence-electron chi connectivity index (χ1n) is 5.48. The molecule has 0 atom stereocenters. The standard InChI is InChI=1S/C13H15BrClNO2/c1-13(2,3)11(17)7-16-12(18)9-5-4-8(14)6-10(9)15/h4-6H,7H2,1-3H3,(H,16,18). The number of carbonyl (C=O) groups is 2. The molecule has 3 nitrogen and oxygen atoms in total. The number of benzene rings is 1. The van der Waals surface area contributed by atoms with Gasteiger partial charge in [0, 0.05) is 9.89 Å². The molecule has 0 bridgehead atoms. The van der Waals surface area contributed by atoms with Gasteiger partial charge in [0.05, 0.1) is 17.1 Å². The minimum absolute atomic E-state index is 0.00866. The van der Waals surface area contributed by atoms with Crippen molar-refractivity contribution < 1.29 is 9.59 Å². The zero-order valence-corrected chi connectivity index (χ0v) is 12.9. The zero-order valence-electron chi connectivity index (χ0n) is 10.5. The van der Waals surface area contributed by atoms with Gasteiger partial charge in [-0.2, -0.15) is 0 Å². The summed E-state index contributed by atoms with van der Waals surface area (Å²) in [7, 11) is 0. The van der Waals surface area contributed by atoms with Gasteiger partial charge in [0.25, 0.3) is 5.91 Å². The molecule has 0 saturated carbocycles. The maximum atomic E-state index is 11.8. The van der Waals surface area contributed by atoms with Crippen molar-refractivity contribution in [1.29, 1.82) is 0 Å². The molecule has 0 spiro atoms. The quantitative estimate of drug-likeness (QED) is 0.921. The lowest BCUT2D eigenvalue weighted by Gasteiger charge is -2.16. The van der Waals surface area contributed by atoms with E-state index in [1.807, 2.05) is 20.8 Å². The maximum absolute atomic E-state index is 11.8. The third-order valence-electron chi connectivity index (χ3n) is 2.42. The minimum atomic E-state index is -0.462. The molecule has 0 aliphatic rings. The maximum Gasteiger partial charge on any atom is 0.253 e. The fraction of sp³-hybridized carbons (Fsp3) is 0.385. The Labute approximate surface area is 120 Å². The van der Waals surface area contributed by atoms with Gasteiger partial charge in [0.1, 0.15) is 0 Å². The molecule has 0 aliphatic carbocycles. The molecule has 0 fully saturated rings. The Morgan fingerprint density at radius 1 is 1.33 bits per heavy atom. The van der Waals surface area contributed by atoms with Gasteiger partial charge in [-0.1, -0.05) is 48.3 Å². The van der Waals surface area contributed by atoms with E-state index in [4.69, 9.17) is 11.6 Å². The number of halogens is 2. The summed E-state index contributed by atoms with van der Waals surface area (Å²) in [5.41, 5.74) is -0.0989. The van der Waals surface area contributed by atoms with Crippen LogP contribution in [-0.4, -0.2) is 18.2 Å².